The molecule has 1 aromatic heterocycles. The van der Waals surface area contributed by atoms with Crippen LogP contribution in [0.5, 0.6) is 0 Å². The fourth-order valence-electron chi connectivity index (χ4n) is 4.45. The molecule has 0 radical (unpaired) electrons. The zero-order valence-corrected chi connectivity index (χ0v) is 18.0. The SMILES string of the molecule is CC(C)[n+]1c(-c2ccccc2)cc(-c2ccc3cccccc2-3)cc1-c1ccccc1. The molecule has 0 amide bonds. The van der Waals surface area contributed by atoms with Crippen molar-refractivity contribution in [2.24, 2.45) is 0 Å². The van der Waals surface area contributed by atoms with Crippen LogP contribution in [0.25, 0.3) is 44.8 Å². The van der Waals surface area contributed by atoms with Crippen molar-refractivity contribution in [2.45, 2.75) is 19.9 Å². The summed E-state index contributed by atoms with van der Waals surface area (Å²) in [5.41, 5.74) is 10.0. The second-order valence-electron chi connectivity index (χ2n) is 8.24. The van der Waals surface area contributed by atoms with Gasteiger partial charge in [-0.2, -0.15) is 4.57 Å². The normalized spacial score (nSPS) is 11.2. The van der Waals surface area contributed by atoms with Gasteiger partial charge in [0.15, 0.2) is 6.04 Å². The molecule has 0 bridgehead atoms. The molecule has 1 nitrogen and oxygen atoms in total. The number of aromatic nitrogens is 1. The van der Waals surface area contributed by atoms with Crippen molar-refractivity contribution in [3.8, 4) is 44.8 Å². The molecule has 0 spiro atoms. The van der Waals surface area contributed by atoms with Crippen molar-refractivity contribution in [1.29, 1.82) is 0 Å². The van der Waals surface area contributed by atoms with E-state index in [2.05, 4.69) is 134 Å². The Bertz CT molecular complexity index is 1230. The largest absolute Gasteiger partial charge is 0.213 e. The molecule has 1 heterocycles. The van der Waals surface area contributed by atoms with E-state index in [1.807, 2.05) is 0 Å². The first-order valence-electron chi connectivity index (χ1n) is 10.9. The van der Waals surface area contributed by atoms with Gasteiger partial charge in [-0.3, -0.25) is 0 Å². The molecule has 0 saturated heterocycles. The molecule has 2 aliphatic rings. The lowest BCUT2D eigenvalue weighted by Gasteiger charge is -2.15. The highest BCUT2D eigenvalue weighted by atomic mass is 15.0. The maximum atomic E-state index is 2.46. The molecule has 0 fully saturated rings. The highest BCUT2D eigenvalue weighted by Crippen LogP contribution is 2.37. The molecule has 150 valence electrons. The van der Waals surface area contributed by atoms with Crippen molar-refractivity contribution in [3.05, 3.63) is 115 Å². The molecule has 31 heavy (non-hydrogen) atoms. The molecule has 2 aliphatic carbocycles. The molecule has 0 saturated carbocycles. The van der Waals surface area contributed by atoms with Gasteiger partial charge >= 0.3 is 0 Å². The number of rotatable bonds is 4. The summed E-state index contributed by atoms with van der Waals surface area (Å²) in [6, 6.07) is 41.7. The van der Waals surface area contributed by atoms with E-state index in [-0.39, 0.29) is 0 Å². The highest BCUT2D eigenvalue weighted by molar-refractivity contribution is 5.88. The smallest absolute Gasteiger partial charge is 0.189 e. The van der Waals surface area contributed by atoms with Crippen LogP contribution in [0.4, 0.5) is 0 Å². The maximum Gasteiger partial charge on any atom is 0.213 e. The summed E-state index contributed by atoms with van der Waals surface area (Å²) in [5, 5.41) is 0. The predicted molar refractivity (Wildman–Crippen MR) is 130 cm³/mol. The zero-order valence-electron chi connectivity index (χ0n) is 18.0. The third kappa shape index (κ3) is 3.64. The second kappa shape index (κ2) is 8.20. The lowest BCUT2D eigenvalue weighted by atomic mass is 9.97. The molecule has 3 aromatic rings. The Balaban J connectivity index is 1.83. The Hall–Kier alpha value is -3.71. The minimum Gasteiger partial charge on any atom is -0.189 e. The fourth-order valence-corrected chi connectivity index (χ4v) is 4.45. The van der Waals surface area contributed by atoms with Gasteiger partial charge in [-0.15, -0.1) is 0 Å². The summed E-state index contributed by atoms with van der Waals surface area (Å²) in [5.74, 6) is 0. The van der Waals surface area contributed by atoms with Gasteiger partial charge in [0, 0.05) is 23.3 Å². The van der Waals surface area contributed by atoms with E-state index >= 15 is 0 Å². The minimum atomic E-state index is 0.327. The van der Waals surface area contributed by atoms with Crippen LogP contribution < -0.4 is 4.57 Å². The molecule has 5 rings (SSSR count). The van der Waals surface area contributed by atoms with E-state index in [4.69, 9.17) is 0 Å². The van der Waals surface area contributed by atoms with Crippen molar-refractivity contribution < 1.29 is 4.57 Å². The van der Waals surface area contributed by atoms with Gasteiger partial charge in [0.2, 0.25) is 11.4 Å². The van der Waals surface area contributed by atoms with Gasteiger partial charge in [-0.25, -0.2) is 0 Å². The average Bonchev–Trinajstić information content (AvgIpc) is 3.07. The minimum absolute atomic E-state index is 0.327. The summed E-state index contributed by atoms with van der Waals surface area (Å²) in [7, 11) is 0. The van der Waals surface area contributed by atoms with Crippen LogP contribution in [0.1, 0.15) is 19.9 Å². The van der Waals surface area contributed by atoms with E-state index in [0.717, 1.165) is 0 Å². The summed E-state index contributed by atoms with van der Waals surface area (Å²) in [4.78, 5) is 0. The molecule has 2 aromatic carbocycles. The van der Waals surface area contributed by atoms with Gasteiger partial charge in [-0.05, 0) is 60.4 Å². The Morgan fingerprint density at radius 2 is 0.903 bits per heavy atom. The van der Waals surface area contributed by atoms with Crippen LogP contribution in [-0.4, -0.2) is 0 Å². The topological polar surface area (TPSA) is 3.88 Å². The molecule has 1 heteroatoms. The number of hydrogen-bond donors (Lipinski definition) is 0. The van der Waals surface area contributed by atoms with Crippen molar-refractivity contribution in [1.82, 2.24) is 0 Å². The van der Waals surface area contributed by atoms with Crippen LogP contribution >= 0.6 is 0 Å². The molecule has 0 unspecified atom stereocenters. The van der Waals surface area contributed by atoms with Crippen molar-refractivity contribution >= 4 is 0 Å². The third-order valence-corrected chi connectivity index (χ3v) is 5.86. The predicted octanol–water partition coefficient (Wildman–Crippen LogP) is 7.66. The third-order valence-electron chi connectivity index (χ3n) is 5.86. The van der Waals surface area contributed by atoms with E-state index < -0.39 is 0 Å². The van der Waals surface area contributed by atoms with E-state index in [9.17, 15) is 0 Å². The van der Waals surface area contributed by atoms with Gasteiger partial charge in [0.1, 0.15) is 0 Å². The lowest BCUT2D eigenvalue weighted by Crippen LogP contribution is -2.41. The van der Waals surface area contributed by atoms with Gasteiger partial charge in [-0.1, -0.05) is 78.9 Å². The maximum absolute atomic E-state index is 2.46. The second-order valence-corrected chi connectivity index (χ2v) is 8.24. The number of pyridine rings is 1. The highest BCUT2D eigenvalue weighted by Gasteiger charge is 2.25. The first-order valence-corrected chi connectivity index (χ1v) is 10.9. The lowest BCUT2D eigenvalue weighted by molar-refractivity contribution is -0.695. The molecule has 0 aliphatic heterocycles. The van der Waals surface area contributed by atoms with Crippen LogP contribution in [0, 0.1) is 0 Å². The van der Waals surface area contributed by atoms with Crippen LogP contribution in [0.15, 0.2) is 115 Å². The zero-order chi connectivity index (χ0) is 21.2. The fraction of sp³-hybridized carbons (Fsp3) is 0.100. The monoisotopic (exact) mass is 400 g/mol. The Labute approximate surface area is 184 Å². The average molecular weight is 401 g/mol. The van der Waals surface area contributed by atoms with Gasteiger partial charge in [0.25, 0.3) is 0 Å². The number of nitrogens with zero attached hydrogens (tertiary/aromatic N) is 1. The number of hydrogen-bond acceptors (Lipinski definition) is 0. The van der Waals surface area contributed by atoms with E-state index in [1.54, 1.807) is 0 Å². The van der Waals surface area contributed by atoms with Crippen LogP contribution in [0.3, 0.4) is 0 Å². The molecule has 0 N–H and O–H groups in total. The Kier molecular flexibility index (Phi) is 5.09. The standard InChI is InChI=1S/C30H26N/c1-22(2)31-29(24-13-7-3-8-14-24)20-26(21-30(31)25-15-9-4-10-16-25)28-19-18-23-12-6-5-11-17-27(23)28/h3-22H,1-2H3/q+1. The summed E-state index contributed by atoms with van der Waals surface area (Å²) in [6.07, 6.45) is 0. The summed E-state index contributed by atoms with van der Waals surface area (Å²) in [6.45, 7) is 4.52. The van der Waals surface area contributed by atoms with Crippen LogP contribution in [0.2, 0.25) is 0 Å². The summed E-state index contributed by atoms with van der Waals surface area (Å²) >= 11 is 0. The Morgan fingerprint density at radius 3 is 1.42 bits per heavy atom. The summed E-state index contributed by atoms with van der Waals surface area (Å²) < 4.78 is 2.46. The van der Waals surface area contributed by atoms with Crippen molar-refractivity contribution in [2.75, 3.05) is 0 Å². The quantitative estimate of drug-likeness (QED) is 0.273. The number of fused-ring (bicyclic) bond motifs is 1. The molecular formula is C30H26N+. The van der Waals surface area contributed by atoms with Crippen molar-refractivity contribution in [3.63, 3.8) is 0 Å². The molecule has 0 atom stereocenters. The number of benzene rings is 2. The first kappa shape index (κ1) is 19.3. The Morgan fingerprint density at radius 1 is 0.452 bits per heavy atom. The van der Waals surface area contributed by atoms with Crippen LogP contribution in [-0.2, 0) is 0 Å². The molecular weight excluding hydrogens is 374 g/mol. The van der Waals surface area contributed by atoms with E-state index in [0.29, 0.717) is 6.04 Å². The first-order chi connectivity index (χ1) is 15.2. The van der Waals surface area contributed by atoms with Gasteiger partial charge < -0.3 is 0 Å². The van der Waals surface area contributed by atoms with E-state index in [1.165, 1.54) is 44.8 Å². The van der Waals surface area contributed by atoms with Gasteiger partial charge in [0.05, 0.1) is 0 Å².